The molecule has 0 aliphatic carbocycles. The van der Waals surface area contributed by atoms with Crippen LogP contribution in [0.1, 0.15) is 21.5 Å². The second-order valence-corrected chi connectivity index (χ2v) is 6.26. The maximum atomic E-state index is 12.2. The van der Waals surface area contributed by atoms with Crippen LogP contribution in [-0.2, 0) is 6.61 Å². The van der Waals surface area contributed by atoms with Gasteiger partial charge in [-0.25, -0.2) is 5.43 Å². The van der Waals surface area contributed by atoms with E-state index in [-0.39, 0.29) is 5.91 Å². The number of halogens is 1. The number of benzene rings is 3. The number of hydrogen-bond donors (Lipinski definition) is 1. The minimum atomic E-state index is -0.329. The van der Waals surface area contributed by atoms with Gasteiger partial charge in [-0.15, -0.1) is 0 Å². The summed E-state index contributed by atoms with van der Waals surface area (Å²) in [4.78, 5) is 12.2. The Morgan fingerprint density at radius 3 is 2.68 bits per heavy atom. The zero-order chi connectivity index (χ0) is 19.8. The summed E-state index contributed by atoms with van der Waals surface area (Å²) in [6.07, 6.45) is 1.54. The van der Waals surface area contributed by atoms with Crippen molar-refractivity contribution in [3.05, 3.63) is 94.5 Å². The highest BCUT2D eigenvalue weighted by Gasteiger charge is 2.06. The van der Waals surface area contributed by atoms with Crippen molar-refractivity contribution < 1.29 is 14.3 Å². The molecule has 0 aliphatic heterocycles. The van der Waals surface area contributed by atoms with Gasteiger partial charge in [0.1, 0.15) is 18.1 Å². The maximum absolute atomic E-state index is 12.2. The molecule has 0 unspecified atom stereocenters. The van der Waals surface area contributed by atoms with Gasteiger partial charge in [-0.05, 0) is 36.4 Å². The lowest BCUT2D eigenvalue weighted by atomic mass is 10.2. The third kappa shape index (κ3) is 5.11. The van der Waals surface area contributed by atoms with E-state index in [1.807, 2.05) is 48.5 Å². The van der Waals surface area contributed by atoms with Gasteiger partial charge in [0.05, 0.1) is 13.3 Å². The molecule has 1 amide bonds. The molecule has 0 heterocycles. The normalized spacial score (nSPS) is 10.6. The summed E-state index contributed by atoms with van der Waals surface area (Å²) in [6.45, 7) is 0.334. The zero-order valence-corrected chi connectivity index (χ0v) is 16.0. The van der Waals surface area contributed by atoms with Crippen molar-refractivity contribution in [1.29, 1.82) is 0 Å². The van der Waals surface area contributed by atoms with Crippen molar-refractivity contribution in [3.8, 4) is 11.5 Å². The van der Waals surface area contributed by atoms with Crippen molar-refractivity contribution in [3.63, 3.8) is 0 Å². The highest BCUT2D eigenvalue weighted by molar-refractivity contribution is 6.31. The van der Waals surface area contributed by atoms with E-state index in [0.717, 1.165) is 11.1 Å². The van der Waals surface area contributed by atoms with E-state index in [9.17, 15) is 4.79 Å². The van der Waals surface area contributed by atoms with Crippen LogP contribution in [0.15, 0.2) is 77.9 Å². The fourth-order valence-electron chi connectivity index (χ4n) is 2.48. The zero-order valence-electron chi connectivity index (χ0n) is 15.3. The van der Waals surface area contributed by atoms with Crippen LogP contribution >= 0.6 is 11.6 Å². The van der Waals surface area contributed by atoms with Crippen LogP contribution in [0.2, 0.25) is 5.02 Å². The molecule has 0 aromatic heterocycles. The Morgan fingerprint density at radius 1 is 1.07 bits per heavy atom. The largest absolute Gasteiger partial charge is 0.497 e. The number of hydrazone groups is 1. The predicted molar refractivity (Wildman–Crippen MR) is 110 cm³/mol. The van der Waals surface area contributed by atoms with Crippen molar-refractivity contribution >= 4 is 23.7 Å². The van der Waals surface area contributed by atoms with Crippen LogP contribution in [0.3, 0.4) is 0 Å². The number of para-hydroxylation sites is 1. The molecule has 28 heavy (non-hydrogen) atoms. The number of methoxy groups -OCH3 is 1. The molecule has 0 atom stereocenters. The highest BCUT2D eigenvalue weighted by Crippen LogP contribution is 2.21. The third-order valence-corrected chi connectivity index (χ3v) is 4.33. The molecule has 0 bridgehead atoms. The van der Waals surface area contributed by atoms with Crippen LogP contribution in [0.25, 0.3) is 0 Å². The molecule has 0 saturated carbocycles. The summed E-state index contributed by atoms with van der Waals surface area (Å²) in [5.74, 6) is 0.918. The predicted octanol–water partition coefficient (Wildman–Crippen LogP) is 4.69. The summed E-state index contributed by atoms with van der Waals surface area (Å²) in [5.41, 5.74) is 4.59. The lowest BCUT2D eigenvalue weighted by Gasteiger charge is -2.10. The summed E-state index contributed by atoms with van der Waals surface area (Å²) >= 11 is 6.17. The number of rotatable bonds is 7. The van der Waals surface area contributed by atoms with Crippen LogP contribution in [0.4, 0.5) is 0 Å². The fourth-order valence-corrected chi connectivity index (χ4v) is 2.67. The average Bonchev–Trinajstić information content (AvgIpc) is 2.74. The summed E-state index contributed by atoms with van der Waals surface area (Å²) in [7, 11) is 1.55. The van der Waals surface area contributed by atoms with Crippen molar-refractivity contribution in [1.82, 2.24) is 5.43 Å². The second kappa shape index (κ2) is 9.58. The first-order chi connectivity index (χ1) is 13.7. The van der Waals surface area contributed by atoms with E-state index < -0.39 is 0 Å². The summed E-state index contributed by atoms with van der Waals surface area (Å²) < 4.78 is 11.0. The Bertz CT molecular complexity index is 989. The van der Waals surface area contributed by atoms with Crippen LogP contribution < -0.4 is 14.9 Å². The first-order valence-electron chi connectivity index (χ1n) is 8.60. The monoisotopic (exact) mass is 394 g/mol. The number of ether oxygens (including phenoxy) is 2. The minimum Gasteiger partial charge on any atom is -0.497 e. The highest BCUT2D eigenvalue weighted by atomic mass is 35.5. The van der Waals surface area contributed by atoms with Crippen molar-refractivity contribution in [2.24, 2.45) is 5.10 Å². The molecular formula is C22H19ClN2O3. The van der Waals surface area contributed by atoms with Gasteiger partial charge in [-0.3, -0.25) is 4.79 Å². The minimum absolute atomic E-state index is 0.329. The van der Waals surface area contributed by atoms with Crippen LogP contribution in [0, 0.1) is 0 Å². The van der Waals surface area contributed by atoms with E-state index in [1.165, 1.54) is 0 Å². The van der Waals surface area contributed by atoms with Gasteiger partial charge < -0.3 is 9.47 Å². The van der Waals surface area contributed by atoms with Crippen molar-refractivity contribution in [2.45, 2.75) is 6.61 Å². The molecular weight excluding hydrogens is 376 g/mol. The Kier molecular flexibility index (Phi) is 6.65. The Morgan fingerprint density at radius 2 is 1.86 bits per heavy atom. The number of hydrogen-bond acceptors (Lipinski definition) is 4. The number of nitrogens with zero attached hydrogens (tertiary/aromatic N) is 1. The van der Waals surface area contributed by atoms with Crippen molar-refractivity contribution in [2.75, 3.05) is 7.11 Å². The van der Waals surface area contributed by atoms with Gasteiger partial charge in [0.2, 0.25) is 0 Å². The molecule has 3 aromatic carbocycles. The van der Waals surface area contributed by atoms with Gasteiger partial charge >= 0.3 is 0 Å². The Balaban J connectivity index is 1.65. The van der Waals surface area contributed by atoms with E-state index in [1.54, 1.807) is 37.6 Å². The molecule has 6 heteroatoms. The molecule has 5 nitrogen and oxygen atoms in total. The number of amides is 1. The van der Waals surface area contributed by atoms with Crippen LogP contribution in [-0.4, -0.2) is 19.2 Å². The molecule has 0 fully saturated rings. The molecule has 0 spiro atoms. The molecule has 1 N–H and O–H groups in total. The molecule has 0 radical (unpaired) electrons. The maximum Gasteiger partial charge on any atom is 0.271 e. The first kappa shape index (κ1) is 19.5. The average molecular weight is 395 g/mol. The lowest BCUT2D eigenvalue weighted by molar-refractivity contribution is 0.0954. The molecule has 0 aliphatic rings. The number of carbonyl (C=O) groups is 1. The van der Waals surface area contributed by atoms with E-state index in [0.29, 0.717) is 28.7 Å². The topological polar surface area (TPSA) is 59.9 Å². The second-order valence-electron chi connectivity index (χ2n) is 5.85. The van der Waals surface area contributed by atoms with Gasteiger partial charge in [0.25, 0.3) is 5.91 Å². The summed E-state index contributed by atoms with van der Waals surface area (Å²) in [6, 6.07) is 21.8. The van der Waals surface area contributed by atoms with Gasteiger partial charge in [0, 0.05) is 21.7 Å². The van der Waals surface area contributed by atoms with Gasteiger partial charge in [-0.2, -0.15) is 5.10 Å². The first-order valence-corrected chi connectivity index (χ1v) is 8.98. The smallest absolute Gasteiger partial charge is 0.271 e. The quantitative estimate of drug-likeness (QED) is 0.467. The van der Waals surface area contributed by atoms with E-state index >= 15 is 0 Å². The third-order valence-electron chi connectivity index (χ3n) is 3.96. The Labute approximate surface area is 168 Å². The standard InChI is InChI=1S/C22H19ClN2O3/c1-27-19-10-6-9-16(13-19)22(26)25-24-14-17-7-3-5-12-21(17)28-15-18-8-2-4-11-20(18)23/h2-14H,15H2,1H3,(H,25,26)/b24-14-. The molecule has 3 rings (SSSR count). The molecule has 3 aromatic rings. The van der Waals surface area contributed by atoms with Crippen LogP contribution in [0.5, 0.6) is 11.5 Å². The molecule has 0 saturated heterocycles. The van der Waals surface area contributed by atoms with Gasteiger partial charge in [0.15, 0.2) is 0 Å². The van der Waals surface area contributed by atoms with E-state index in [2.05, 4.69) is 10.5 Å². The van der Waals surface area contributed by atoms with E-state index in [4.69, 9.17) is 21.1 Å². The Hall–Kier alpha value is -3.31. The number of nitrogens with one attached hydrogen (secondary N) is 1. The molecule has 142 valence electrons. The number of carbonyl (C=O) groups excluding carboxylic acids is 1. The lowest BCUT2D eigenvalue weighted by Crippen LogP contribution is -2.17. The SMILES string of the molecule is COc1cccc(C(=O)N/N=C\c2ccccc2OCc2ccccc2Cl)c1. The fraction of sp³-hybridized carbons (Fsp3) is 0.0909. The summed E-state index contributed by atoms with van der Waals surface area (Å²) in [5, 5.41) is 4.69. The van der Waals surface area contributed by atoms with Gasteiger partial charge in [-0.1, -0.05) is 48.0 Å².